The molecule has 1 rings (SSSR count). The third-order valence-corrected chi connectivity index (χ3v) is 3.73. The fraction of sp³-hybridized carbons (Fsp3) is 1.00. The highest BCUT2D eigenvalue weighted by atomic mass is 16.5. The molecule has 1 aliphatic rings. The van der Waals surface area contributed by atoms with Crippen LogP contribution in [-0.4, -0.2) is 39.5 Å². The van der Waals surface area contributed by atoms with Crippen LogP contribution in [0.25, 0.3) is 0 Å². The molecule has 102 valence electrons. The first kappa shape index (κ1) is 14.9. The summed E-state index contributed by atoms with van der Waals surface area (Å²) in [6, 6.07) is 0.602. The van der Waals surface area contributed by atoms with Gasteiger partial charge in [0.25, 0.3) is 0 Å². The van der Waals surface area contributed by atoms with Gasteiger partial charge in [-0.3, -0.25) is 0 Å². The summed E-state index contributed by atoms with van der Waals surface area (Å²) >= 11 is 0. The molecule has 0 bridgehead atoms. The van der Waals surface area contributed by atoms with Crippen LogP contribution in [0.5, 0.6) is 0 Å². The molecule has 0 aromatic carbocycles. The molecule has 0 heterocycles. The lowest BCUT2D eigenvalue weighted by atomic mass is 9.66. The molecule has 0 saturated heterocycles. The summed E-state index contributed by atoms with van der Waals surface area (Å²) in [5.74, 6) is 0. The normalized spacial score (nSPS) is 18.4. The van der Waals surface area contributed by atoms with Crippen molar-refractivity contribution >= 4 is 0 Å². The number of methoxy groups -OCH3 is 1. The predicted octanol–water partition coefficient (Wildman–Crippen LogP) is 2.60. The monoisotopic (exact) mass is 243 g/mol. The van der Waals surface area contributed by atoms with Gasteiger partial charge in [0.05, 0.1) is 13.2 Å². The van der Waals surface area contributed by atoms with Crippen LogP contribution in [0, 0.1) is 5.41 Å². The Labute approximate surface area is 106 Å². The molecular weight excluding hydrogens is 214 g/mol. The van der Waals surface area contributed by atoms with E-state index in [1.165, 1.54) is 38.6 Å². The molecular formula is C14H29NO2. The number of nitrogens with one attached hydrogen (secondary N) is 1. The minimum absolute atomic E-state index is 0.578. The molecule has 17 heavy (non-hydrogen) atoms. The zero-order chi connectivity index (χ0) is 12.6. The second-order valence-electron chi connectivity index (χ2n) is 5.60. The minimum atomic E-state index is 0.578. The van der Waals surface area contributed by atoms with Crippen LogP contribution in [0.4, 0.5) is 0 Å². The van der Waals surface area contributed by atoms with Crippen molar-refractivity contribution < 1.29 is 9.47 Å². The van der Waals surface area contributed by atoms with Crippen LogP contribution in [0.15, 0.2) is 0 Å². The van der Waals surface area contributed by atoms with E-state index >= 15 is 0 Å². The maximum atomic E-state index is 5.52. The van der Waals surface area contributed by atoms with Gasteiger partial charge in [-0.1, -0.05) is 20.3 Å². The topological polar surface area (TPSA) is 30.5 Å². The van der Waals surface area contributed by atoms with E-state index in [1.807, 2.05) is 0 Å². The van der Waals surface area contributed by atoms with Gasteiger partial charge in [-0.25, -0.2) is 0 Å². The van der Waals surface area contributed by atoms with Crippen LogP contribution in [0.1, 0.15) is 46.0 Å². The van der Waals surface area contributed by atoms with Crippen molar-refractivity contribution in [2.24, 2.45) is 5.41 Å². The average Bonchev–Trinajstić information content (AvgIpc) is 2.25. The molecule has 0 unspecified atom stereocenters. The van der Waals surface area contributed by atoms with Gasteiger partial charge in [0.15, 0.2) is 0 Å². The SMILES string of the molecule is COCCOCCCC1(CNC(C)C)CCC1. The first-order chi connectivity index (χ1) is 8.18. The van der Waals surface area contributed by atoms with Gasteiger partial charge in [-0.2, -0.15) is 0 Å². The maximum Gasteiger partial charge on any atom is 0.0700 e. The number of ether oxygens (including phenoxy) is 2. The van der Waals surface area contributed by atoms with Gasteiger partial charge in [0.2, 0.25) is 0 Å². The molecule has 1 aliphatic carbocycles. The fourth-order valence-corrected chi connectivity index (χ4v) is 2.41. The Morgan fingerprint density at radius 3 is 2.47 bits per heavy atom. The lowest BCUT2D eigenvalue weighted by Gasteiger charge is -2.43. The summed E-state index contributed by atoms with van der Waals surface area (Å²) in [6.45, 7) is 7.95. The zero-order valence-corrected chi connectivity index (χ0v) is 11.8. The first-order valence-electron chi connectivity index (χ1n) is 6.99. The van der Waals surface area contributed by atoms with Crippen LogP contribution in [0.2, 0.25) is 0 Å². The van der Waals surface area contributed by atoms with Gasteiger partial charge in [0, 0.05) is 26.3 Å². The molecule has 0 aromatic rings. The maximum absolute atomic E-state index is 5.52. The highest BCUT2D eigenvalue weighted by molar-refractivity contribution is 4.89. The summed E-state index contributed by atoms with van der Waals surface area (Å²) < 4.78 is 10.5. The Kier molecular flexibility index (Phi) is 7.09. The Morgan fingerprint density at radius 1 is 1.18 bits per heavy atom. The number of hydrogen-bond donors (Lipinski definition) is 1. The molecule has 1 saturated carbocycles. The lowest BCUT2D eigenvalue weighted by molar-refractivity contribution is 0.0513. The smallest absolute Gasteiger partial charge is 0.0700 e. The minimum Gasteiger partial charge on any atom is -0.382 e. The van der Waals surface area contributed by atoms with Crippen molar-refractivity contribution in [2.75, 3.05) is 33.5 Å². The molecule has 3 heteroatoms. The summed E-state index contributed by atoms with van der Waals surface area (Å²) in [6.07, 6.45) is 6.68. The standard InChI is InChI=1S/C14H29NO2/c1-13(2)15-12-14(6-4-7-14)8-5-9-17-11-10-16-3/h13,15H,4-12H2,1-3H3. The molecule has 0 radical (unpaired) electrons. The van der Waals surface area contributed by atoms with E-state index in [4.69, 9.17) is 9.47 Å². The third-order valence-electron chi connectivity index (χ3n) is 3.73. The van der Waals surface area contributed by atoms with E-state index in [-0.39, 0.29) is 0 Å². The van der Waals surface area contributed by atoms with E-state index in [9.17, 15) is 0 Å². The van der Waals surface area contributed by atoms with Gasteiger partial charge >= 0.3 is 0 Å². The number of rotatable bonds is 10. The van der Waals surface area contributed by atoms with Crippen molar-refractivity contribution in [3.8, 4) is 0 Å². The van der Waals surface area contributed by atoms with Crippen molar-refractivity contribution in [1.82, 2.24) is 5.32 Å². The summed E-state index contributed by atoms with van der Waals surface area (Å²) in [5.41, 5.74) is 0.578. The zero-order valence-electron chi connectivity index (χ0n) is 11.8. The number of hydrogen-bond acceptors (Lipinski definition) is 3. The van der Waals surface area contributed by atoms with Gasteiger partial charge in [0.1, 0.15) is 0 Å². The van der Waals surface area contributed by atoms with Crippen LogP contribution >= 0.6 is 0 Å². The van der Waals surface area contributed by atoms with Crippen LogP contribution in [-0.2, 0) is 9.47 Å². The summed E-state index contributed by atoms with van der Waals surface area (Å²) in [7, 11) is 1.71. The van der Waals surface area contributed by atoms with Gasteiger partial charge in [-0.05, 0) is 31.1 Å². The van der Waals surface area contributed by atoms with E-state index in [2.05, 4.69) is 19.2 Å². The molecule has 1 N–H and O–H groups in total. The Balaban J connectivity index is 2.05. The molecule has 3 nitrogen and oxygen atoms in total. The van der Waals surface area contributed by atoms with E-state index in [0.29, 0.717) is 18.1 Å². The predicted molar refractivity (Wildman–Crippen MR) is 71.4 cm³/mol. The van der Waals surface area contributed by atoms with Crippen molar-refractivity contribution in [1.29, 1.82) is 0 Å². The average molecular weight is 243 g/mol. The Morgan fingerprint density at radius 2 is 1.94 bits per heavy atom. The molecule has 0 atom stereocenters. The van der Waals surface area contributed by atoms with Gasteiger partial charge in [-0.15, -0.1) is 0 Å². The largest absolute Gasteiger partial charge is 0.382 e. The van der Waals surface area contributed by atoms with Crippen LogP contribution in [0.3, 0.4) is 0 Å². The highest BCUT2D eigenvalue weighted by Gasteiger charge is 2.35. The van der Waals surface area contributed by atoms with Crippen molar-refractivity contribution in [2.45, 2.75) is 52.0 Å². The van der Waals surface area contributed by atoms with Crippen molar-refractivity contribution in [3.05, 3.63) is 0 Å². The van der Waals surface area contributed by atoms with E-state index in [0.717, 1.165) is 13.2 Å². The second kappa shape index (κ2) is 8.06. The highest BCUT2D eigenvalue weighted by Crippen LogP contribution is 2.44. The lowest BCUT2D eigenvalue weighted by Crippen LogP contribution is -2.42. The molecule has 0 aliphatic heterocycles. The fourth-order valence-electron chi connectivity index (χ4n) is 2.41. The van der Waals surface area contributed by atoms with E-state index < -0.39 is 0 Å². The summed E-state index contributed by atoms with van der Waals surface area (Å²) in [5, 5.41) is 3.59. The van der Waals surface area contributed by atoms with Crippen LogP contribution < -0.4 is 5.32 Å². The molecule has 1 fully saturated rings. The second-order valence-corrected chi connectivity index (χ2v) is 5.60. The quantitative estimate of drug-likeness (QED) is 0.598. The Hall–Kier alpha value is -0.120. The molecule has 0 spiro atoms. The Bertz CT molecular complexity index is 191. The molecule has 0 aromatic heterocycles. The summed E-state index contributed by atoms with van der Waals surface area (Å²) in [4.78, 5) is 0. The van der Waals surface area contributed by atoms with E-state index in [1.54, 1.807) is 7.11 Å². The third kappa shape index (κ3) is 5.84. The molecule has 0 amide bonds. The van der Waals surface area contributed by atoms with Crippen molar-refractivity contribution in [3.63, 3.8) is 0 Å². The first-order valence-corrected chi connectivity index (χ1v) is 6.99. The van der Waals surface area contributed by atoms with Gasteiger partial charge < -0.3 is 14.8 Å².